The number of rotatable bonds is 5. The van der Waals surface area contributed by atoms with E-state index in [1.165, 1.54) is 12.3 Å². The van der Waals surface area contributed by atoms with E-state index in [2.05, 4.69) is 15.6 Å². The number of nitrogens with two attached hydrogens (primary N) is 2. The molecule has 2 amide bonds. The highest BCUT2D eigenvalue weighted by Gasteiger charge is 2.15. The highest BCUT2D eigenvalue weighted by atomic mass is 16.6. The van der Waals surface area contributed by atoms with Crippen molar-refractivity contribution in [2.75, 3.05) is 24.1 Å². The van der Waals surface area contributed by atoms with E-state index in [-0.39, 0.29) is 5.56 Å². The van der Waals surface area contributed by atoms with Crippen LogP contribution in [0.3, 0.4) is 0 Å². The Hall–Kier alpha value is -2.51. The summed E-state index contributed by atoms with van der Waals surface area (Å²) >= 11 is 0. The Balaban J connectivity index is 2.47. The van der Waals surface area contributed by atoms with Gasteiger partial charge in [-0.3, -0.25) is 4.79 Å². The third kappa shape index (κ3) is 5.98. The Morgan fingerprint density at radius 2 is 2.00 bits per heavy atom. The molecule has 0 aliphatic heterocycles. The fourth-order valence-corrected chi connectivity index (χ4v) is 1.47. The van der Waals surface area contributed by atoms with Crippen LogP contribution >= 0.6 is 0 Å². The van der Waals surface area contributed by atoms with Crippen molar-refractivity contribution < 1.29 is 14.3 Å². The van der Waals surface area contributed by atoms with Gasteiger partial charge in [-0.2, -0.15) is 0 Å². The van der Waals surface area contributed by atoms with Crippen molar-refractivity contribution in [3.05, 3.63) is 17.8 Å². The molecule has 0 atom stereocenters. The van der Waals surface area contributed by atoms with Crippen molar-refractivity contribution in [2.24, 2.45) is 5.73 Å². The lowest BCUT2D eigenvalue weighted by atomic mass is 10.2. The highest BCUT2D eigenvalue weighted by molar-refractivity contribution is 5.98. The van der Waals surface area contributed by atoms with Gasteiger partial charge in [0.1, 0.15) is 11.4 Å². The normalized spacial score (nSPS) is 10.8. The van der Waals surface area contributed by atoms with Gasteiger partial charge >= 0.3 is 6.09 Å². The van der Waals surface area contributed by atoms with Gasteiger partial charge in [0.25, 0.3) is 5.91 Å². The molecule has 0 unspecified atom stereocenters. The number of carbonyl (C=O) groups is 2. The molecule has 1 heterocycles. The first kappa shape index (κ1) is 16.5. The maximum atomic E-state index is 11.4. The molecular formula is C13H21N5O3. The molecule has 8 heteroatoms. The summed E-state index contributed by atoms with van der Waals surface area (Å²) in [5, 5.41) is 5.48. The zero-order valence-corrected chi connectivity index (χ0v) is 12.4. The Morgan fingerprint density at radius 3 is 2.57 bits per heavy atom. The number of nitrogens with zero attached hydrogens (tertiary/aromatic N) is 1. The lowest BCUT2D eigenvalue weighted by molar-refractivity contribution is 0.0530. The molecule has 1 rings (SSSR count). The number of ether oxygens (including phenoxy) is 1. The quantitative estimate of drug-likeness (QED) is 0.591. The van der Waals surface area contributed by atoms with E-state index in [9.17, 15) is 9.59 Å². The van der Waals surface area contributed by atoms with Gasteiger partial charge < -0.3 is 26.8 Å². The maximum absolute atomic E-state index is 11.4. The zero-order chi connectivity index (χ0) is 16.0. The SMILES string of the molecule is CC(C)(C)OC(=O)NCCNc1ncc(N)cc1C(N)=O. The van der Waals surface area contributed by atoms with Crippen LogP contribution in [0.15, 0.2) is 12.3 Å². The summed E-state index contributed by atoms with van der Waals surface area (Å²) in [5.74, 6) is -0.305. The number of pyridine rings is 1. The van der Waals surface area contributed by atoms with E-state index < -0.39 is 17.6 Å². The number of alkyl carbamates (subject to hydrolysis) is 1. The van der Waals surface area contributed by atoms with Crippen LogP contribution < -0.4 is 22.1 Å². The minimum atomic E-state index is -0.627. The number of aromatic nitrogens is 1. The van der Waals surface area contributed by atoms with Gasteiger partial charge in [0.05, 0.1) is 17.4 Å². The first-order chi connectivity index (χ1) is 9.69. The Labute approximate surface area is 123 Å². The van der Waals surface area contributed by atoms with Crippen molar-refractivity contribution in [3.8, 4) is 0 Å². The fourth-order valence-electron chi connectivity index (χ4n) is 1.47. The molecule has 0 aromatic carbocycles. The lowest BCUT2D eigenvalue weighted by Gasteiger charge is -2.19. The third-order valence-electron chi connectivity index (χ3n) is 2.26. The van der Waals surface area contributed by atoms with Crippen molar-refractivity contribution in [2.45, 2.75) is 26.4 Å². The molecule has 0 radical (unpaired) electrons. The van der Waals surface area contributed by atoms with Crippen LogP contribution in [0.5, 0.6) is 0 Å². The molecule has 0 bridgehead atoms. The molecule has 8 nitrogen and oxygen atoms in total. The molecule has 0 saturated carbocycles. The summed E-state index contributed by atoms with van der Waals surface area (Å²) < 4.78 is 5.08. The van der Waals surface area contributed by atoms with Gasteiger partial charge in [0.2, 0.25) is 0 Å². The smallest absolute Gasteiger partial charge is 0.407 e. The van der Waals surface area contributed by atoms with E-state index in [0.717, 1.165) is 0 Å². The van der Waals surface area contributed by atoms with Crippen molar-refractivity contribution in [1.82, 2.24) is 10.3 Å². The molecular weight excluding hydrogens is 274 g/mol. The summed E-state index contributed by atoms with van der Waals surface area (Å²) in [4.78, 5) is 26.7. The minimum absolute atomic E-state index is 0.201. The van der Waals surface area contributed by atoms with Crippen molar-refractivity contribution in [3.63, 3.8) is 0 Å². The van der Waals surface area contributed by atoms with Crippen LogP contribution in [-0.2, 0) is 4.74 Å². The van der Waals surface area contributed by atoms with Crippen LogP contribution in [0, 0.1) is 0 Å². The molecule has 1 aromatic heterocycles. The second-order valence-corrected chi connectivity index (χ2v) is 5.38. The number of hydrogen-bond acceptors (Lipinski definition) is 6. The summed E-state index contributed by atoms with van der Waals surface area (Å²) in [6.07, 6.45) is 0.903. The average molecular weight is 295 g/mol. The van der Waals surface area contributed by atoms with Crippen molar-refractivity contribution >= 4 is 23.5 Å². The summed E-state index contributed by atoms with van der Waals surface area (Å²) in [6.45, 7) is 6.00. The predicted molar refractivity (Wildman–Crippen MR) is 79.9 cm³/mol. The molecule has 0 spiro atoms. The van der Waals surface area contributed by atoms with Crippen LogP contribution in [0.4, 0.5) is 16.3 Å². The molecule has 116 valence electrons. The van der Waals surface area contributed by atoms with E-state index >= 15 is 0 Å². The van der Waals surface area contributed by atoms with Crippen LogP contribution in [0.2, 0.25) is 0 Å². The van der Waals surface area contributed by atoms with Gasteiger partial charge in [-0.25, -0.2) is 9.78 Å². The highest BCUT2D eigenvalue weighted by Crippen LogP contribution is 2.14. The summed E-state index contributed by atoms with van der Waals surface area (Å²) in [7, 11) is 0. The molecule has 6 N–H and O–H groups in total. The standard InChI is InChI=1S/C13H21N5O3/c1-13(2,3)21-12(20)17-5-4-16-11-9(10(15)19)6-8(14)7-18-11/h6-7H,4-5,14H2,1-3H3,(H2,15,19)(H,16,18)(H,17,20). The topological polar surface area (TPSA) is 132 Å². The lowest BCUT2D eigenvalue weighted by Crippen LogP contribution is -2.35. The minimum Gasteiger partial charge on any atom is -0.444 e. The number of anilines is 2. The van der Waals surface area contributed by atoms with E-state index in [4.69, 9.17) is 16.2 Å². The third-order valence-corrected chi connectivity index (χ3v) is 2.26. The van der Waals surface area contributed by atoms with Crippen LogP contribution in [-0.4, -0.2) is 35.7 Å². The van der Waals surface area contributed by atoms with E-state index in [1.807, 2.05) is 0 Å². The van der Waals surface area contributed by atoms with Gasteiger partial charge in [0.15, 0.2) is 0 Å². The zero-order valence-electron chi connectivity index (χ0n) is 12.4. The van der Waals surface area contributed by atoms with E-state index in [0.29, 0.717) is 24.6 Å². The average Bonchev–Trinajstić information content (AvgIpc) is 2.33. The molecule has 0 saturated heterocycles. The first-order valence-electron chi connectivity index (χ1n) is 6.45. The van der Waals surface area contributed by atoms with Crippen LogP contribution in [0.25, 0.3) is 0 Å². The first-order valence-corrected chi connectivity index (χ1v) is 6.45. The molecule has 0 fully saturated rings. The summed E-state index contributed by atoms with van der Waals surface area (Å²) in [6, 6.07) is 1.44. The van der Waals surface area contributed by atoms with Gasteiger partial charge in [-0.1, -0.05) is 0 Å². The van der Waals surface area contributed by atoms with Crippen LogP contribution in [0.1, 0.15) is 31.1 Å². The molecule has 21 heavy (non-hydrogen) atoms. The Kier molecular flexibility index (Phi) is 5.34. The van der Waals surface area contributed by atoms with Gasteiger partial charge in [-0.05, 0) is 26.8 Å². The van der Waals surface area contributed by atoms with Crippen molar-refractivity contribution in [1.29, 1.82) is 0 Å². The largest absolute Gasteiger partial charge is 0.444 e. The fraction of sp³-hybridized carbons (Fsp3) is 0.462. The number of nitrogens with one attached hydrogen (secondary N) is 2. The number of hydrogen-bond donors (Lipinski definition) is 4. The van der Waals surface area contributed by atoms with Gasteiger partial charge in [-0.15, -0.1) is 0 Å². The molecule has 0 aliphatic rings. The summed E-state index contributed by atoms with van der Waals surface area (Å²) in [5.41, 5.74) is 10.8. The second-order valence-electron chi connectivity index (χ2n) is 5.38. The monoisotopic (exact) mass is 295 g/mol. The Morgan fingerprint density at radius 1 is 1.33 bits per heavy atom. The second kappa shape index (κ2) is 6.78. The molecule has 0 aliphatic carbocycles. The maximum Gasteiger partial charge on any atom is 0.407 e. The number of amides is 2. The van der Waals surface area contributed by atoms with Gasteiger partial charge in [0, 0.05) is 13.1 Å². The van der Waals surface area contributed by atoms with E-state index in [1.54, 1.807) is 20.8 Å². The number of primary amides is 1. The number of nitrogen functional groups attached to an aromatic ring is 1. The molecule has 1 aromatic rings. The Bertz CT molecular complexity index is 525. The predicted octanol–water partition coefficient (Wildman–Crippen LogP) is 0.699. The number of carbonyl (C=O) groups excluding carboxylic acids is 2.